The Labute approximate surface area is 147 Å². The lowest BCUT2D eigenvalue weighted by Gasteiger charge is -2.26. The minimum Gasteiger partial charge on any atom is -0.337 e. The first-order chi connectivity index (χ1) is 11.5. The van der Waals surface area contributed by atoms with E-state index >= 15 is 0 Å². The van der Waals surface area contributed by atoms with E-state index in [9.17, 15) is 13.2 Å². The summed E-state index contributed by atoms with van der Waals surface area (Å²) in [6.07, 6.45) is 0.791. The summed E-state index contributed by atoms with van der Waals surface area (Å²) >= 11 is 1.83. The van der Waals surface area contributed by atoms with E-state index in [0.29, 0.717) is 38.3 Å². The van der Waals surface area contributed by atoms with Crippen molar-refractivity contribution in [1.82, 2.24) is 9.21 Å². The monoisotopic (exact) mass is 369 g/mol. The Balaban J connectivity index is 1.80. The second-order valence-corrected chi connectivity index (χ2v) is 9.35. The highest BCUT2D eigenvalue weighted by atomic mass is 32.2. The van der Waals surface area contributed by atoms with Crippen molar-refractivity contribution in [2.45, 2.75) is 11.3 Å². The van der Waals surface area contributed by atoms with Crippen LogP contribution < -0.4 is 5.73 Å². The number of carbonyl (C=O) groups is 1. The van der Waals surface area contributed by atoms with Crippen LogP contribution in [0.1, 0.15) is 16.8 Å². The molecule has 0 spiro atoms. The molecular weight excluding hydrogens is 346 g/mol. The quantitative estimate of drug-likeness (QED) is 0.850. The molecule has 2 saturated heterocycles. The van der Waals surface area contributed by atoms with Crippen molar-refractivity contribution < 1.29 is 13.2 Å². The molecule has 1 aromatic rings. The van der Waals surface area contributed by atoms with Gasteiger partial charge in [0.15, 0.2) is 0 Å². The molecule has 3 rings (SSSR count). The van der Waals surface area contributed by atoms with E-state index in [1.54, 1.807) is 23.1 Å². The summed E-state index contributed by atoms with van der Waals surface area (Å²) in [6, 6.07) is 6.41. The van der Waals surface area contributed by atoms with Crippen LogP contribution in [0.25, 0.3) is 0 Å². The summed E-state index contributed by atoms with van der Waals surface area (Å²) in [4.78, 5) is 14.6. The molecule has 2 N–H and O–H groups in total. The molecule has 2 fully saturated rings. The Kier molecular flexibility index (Phi) is 5.49. The number of hydrogen-bond donors (Lipinski definition) is 1. The highest BCUT2D eigenvalue weighted by Gasteiger charge is 2.32. The number of hydrogen-bond acceptors (Lipinski definition) is 5. The number of amides is 1. The molecule has 6 nitrogen and oxygen atoms in total. The molecule has 1 aromatic carbocycles. The molecule has 0 radical (unpaired) electrons. The highest BCUT2D eigenvalue weighted by Crippen LogP contribution is 2.25. The van der Waals surface area contributed by atoms with Gasteiger partial charge in [-0.3, -0.25) is 4.79 Å². The molecule has 2 aliphatic rings. The fourth-order valence-corrected chi connectivity index (χ4v) is 5.58. The molecule has 0 aliphatic carbocycles. The molecule has 0 saturated carbocycles. The summed E-state index contributed by atoms with van der Waals surface area (Å²) in [5, 5.41) is 0. The van der Waals surface area contributed by atoms with E-state index in [-0.39, 0.29) is 16.7 Å². The molecule has 2 heterocycles. The Morgan fingerprint density at radius 3 is 2.67 bits per heavy atom. The summed E-state index contributed by atoms with van der Waals surface area (Å²) < 4.78 is 27.1. The zero-order chi connectivity index (χ0) is 17.2. The van der Waals surface area contributed by atoms with Gasteiger partial charge in [0.2, 0.25) is 10.0 Å². The van der Waals surface area contributed by atoms with Gasteiger partial charge in [0, 0.05) is 43.2 Å². The van der Waals surface area contributed by atoms with Crippen LogP contribution in [0.3, 0.4) is 0 Å². The number of carbonyl (C=O) groups excluding carboxylic acids is 1. The first kappa shape index (κ1) is 17.7. The maximum absolute atomic E-state index is 12.8. The van der Waals surface area contributed by atoms with Gasteiger partial charge in [0.05, 0.1) is 4.90 Å². The third-order valence-corrected chi connectivity index (χ3v) is 7.40. The fourth-order valence-electron chi connectivity index (χ4n) is 3.10. The van der Waals surface area contributed by atoms with Crippen LogP contribution in [0.2, 0.25) is 0 Å². The predicted molar refractivity (Wildman–Crippen MR) is 95.6 cm³/mol. The standard InChI is InChI=1S/C16H23N3O3S2/c17-11-13-4-5-19(12-13)24(21,22)15-3-1-2-14(10-15)16(20)18-6-8-23-9-7-18/h1-3,10,13H,4-9,11-12,17H2/t13-/m1/s1. The largest absolute Gasteiger partial charge is 0.337 e. The molecule has 24 heavy (non-hydrogen) atoms. The normalized spacial score (nSPS) is 22.7. The smallest absolute Gasteiger partial charge is 0.253 e. The van der Waals surface area contributed by atoms with Gasteiger partial charge in [-0.25, -0.2) is 8.42 Å². The third-order valence-electron chi connectivity index (χ3n) is 4.60. The van der Waals surface area contributed by atoms with Crippen molar-refractivity contribution in [3.05, 3.63) is 29.8 Å². The molecule has 2 aliphatic heterocycles. The highest BCUT2D eigenvalue weighted by molar-refractivity contribution is 7.99. The van der Waals surface area contributed by atoms with E-state index in [1.807, 2.05) is 11.8 Å². The summed E-state index contributed by atoms with van der Waals surface area (Å²) in [7, 11) is -3.57. The zero-order valence-corrected chi connectivity index (χ0v) is 15.2. The van der Waals surface area contributed by atoms with Gasteiger partial charge in [-0.05, 0) is 37.1 Å². The van der Waals surface area contributed by atoms with Crippen molar-refractivity contribution >= 4 is 27.7 Å². The summed E-state index contributed by atoms with van der Waals surface area (Å²) in [5.74, 6) is 1.99. The number of nitrogens with zero attached hydrogens (tertiary/aromatic N) is 2. The summed E-state index contributed by atoms with van der Waals surface area (Å²) in [6.45, 7) is 2.87. The van der Waals surface area contributed by atoms with E-state index in [0.717, 1.165) is 17.9 Å². The lowest BCUT2D eigenvalue weighted by Crippen LogP contribution is -2.38. The second-order valence-electron chi connectivity index (χ2n) is 6.19. The number of benzene rings is 1. The van der Waals surface area contributed by atoms with Crippen molar-refractivity contribution in [2.75, 3.05) is 44.2 Å². The fraction of sp³-hybridized carbons (Fsp3) is 0.562. The van der Waals surface area contributed by atoms with Crippen LogP contribution >= 0.6 is 11.8 Å². The molecule has 0 aromatic heterocycles. The first-order valence-electron chi connectivity index (χ1n) is 8.19. The maximum Gasteiger partial charge on any atom is 0.253 e. The lowest BCUT2D eigenvalue weighted by atomic mass is 10.1. The van der Waals surface area contributed by atoms with Crippen LogP contribution in [-0.4, -0.2) is 67.8 Å². The molecule has 132 valence electrons. The van der Waals surface area contributed by atoms with Crippen molar-refractivity contribution in [2.24, 2.45) is 11.7 Å². The van der Waals surface area contributed by atoms with Crippen LogP contribution in [-0.2, 0) is 10.0 Å². The minimum atomic E-state index is -3.57. The minimum absolute atomic E-state index is 0.0893. The Bertz CT molecular complexity index is 702. The van der Waals surface area contributed by atoms with Gasteiger partial charge in [0.1, 0.15) is 0 Å². The van der Waals surface area contributed by atoms with Crippen molar-refractivity contribution in [1.29, 1.82) is 0 Å². The average molecular weight is 370 g/mol. The van der Waals surface area contributed by atoms with Crippen molar-refractivity contribution in [3.63, 3.8) is 0 Å². The molecule has 1 amide bonds. The van der Waals surface area contributed by atoms with Gasteiger partial charge in [-0.1, -0.05) is 6.07 Å². The van der Waals surface area contributed by atoms with Gasteiger partial charge in [-0.2, -0.15) is 16.1 Å². The molecule has 8 heteroatoms. The van der Waals surface area contributed by atoms with Gasteiger partial charge < -0.3 is 10.6 Å². The van der Waals surface area contributed by atoms with Crippen LogP contribution in [0.4, 0.5) is 0 Å². The molecule has 1 atom stereocenters. The van der Waals surface area contributed by atoms with Crippen LogP contribution in [0.15, 0.2) is 29.2 Å². The van der Waals surface area contributed by atoms with E-state index in [2.05, 4.69) is 0 Å². The van der Waals surface area contributed by atoms with Crippen LogP contribution in [0, 0.1) is 5.92 Å². The topological polar surface area (TPSA) is 83.7 Å². The van der Waals surface area contributed by atoms with Crippen LogP contribution in [0.5, 0.6) is 0 Å². The Morgan fingerprint density at radius 2 is 2.00 bits per heavy atom. The molecule has 0 bridgehead atoms. The number of sulfonamides is 1. The number of nitrogens with two attached hydrogens (primary N) is 1. The molecule has 0 unspecified atom stereocenters. The maximum atomic E-state index is 12.8. The van der Waals surface area contributed by atoms with Gasteiger partial charge >= 0.3 is 0 Å². The zero-order valence-electron chi connectivity index (χ0n) is 13.6. The predicted octanol–water partition coefficient (Wildman–Crippen LogP) is 0.845. The van der Waals surface area contributed by atoms with Crippen molar-refractivity contribution in [3.8, 4) is 0 Å². The number of rotatable bonds is 4. The SMILES string of the molecule is NC[C@H]1CCN(S(=O)(=O)c2cccc(C(=O)N3CCSCC3)c2)C1. The van der Waals surface area contributed by atoms with Gasteiger partial charge in [0.25, 0.3) is 5.91 Å². The van der Waals surface area contributed by atoms with E-state index in [1.165, 1.54) is 10.4 Å². The first-order valence-corrected chi connectivity index (χ1v) is 10.8. The van der Waals surface area contributed by atoms with Gasteiger partial charge in [-0.15, -0.1) is 0 Å². The van der Waals surface area contributed by atoms with E-state index in [4.69, 9.17) is 5.73 Å². The Hall–Kier alpha value is -1.09. The molecular formula is C16H23N3O3S2. The average Bonchev–Trinajstić information content (AvgIpc) is 3.12. The third kappa shape index (κ3) is 3.61. The lowest BCUT2D eigenvalue weighted by molar-refractivity contribution is 0.0772. The second kappa shape index (κ2) is 7.43. The number of thioether (sulfide) groups is 1. The Morgan fingerprint density at radius 1 is 1.25 bits per heavy atom. The van der Waals surface area contributed by atoms with E-state index < -0.39 is 10.0 Å². The summed E-state index contributed by atoms with van der Waals surface area (Å²) in [5.41, 5.74) is 6.09.